The zero-order valence-electron chi connectivity index (χ0n) is 18.7. The van der Waals surface area contributed by atoms with Crippen LogP contribution in [0.2, 0.25) is 0 Å². The van der Waals surface area contributed by atoms with E-state index in [1.54, 1.807) is 7.11 Å². The normalized spacial score (nSPS) is 17.3. The van der Waals surface area contributed by atoms with Gasteiger partial charge in [0, 0.05) is 13.1 Å². The molecule has 1 aliphatic rings. The van der Waals surface area contributed by atoms with Gasteiger partial charge < -0.3 is 20.1 Å². The molecule has 1 heterocycles. The van der Waals surface area contributed by atoms with Crippen molar-refractivity contribution in [2.75, 3.05) is 46.4 Å². The van der Waals surface area contributed by atoms with Crippen LogP contribution in [0.15, 0.2) is 29.3 Å². The number of hydrogen-bond acceptors (Lipinski definition) is 4. The first-order valence-corrected chi connectivity index (χ1v) is 10.9. The van der Waals surface area contributed by atoms with Crippen LogP contribution < -0.4 is 20.1 Å². The number of rotatable bonds is 10. The molecule has 1 saturated heterocycles. The summed E-state index contributed by atoms with van der Waals surface area (Å²) in [5.74, 6) is 2.52. The number of hydrogen-bond donors (Lipinski definition) is 2. The lowest BCUT2D eigenvalue weighted by atomic mass is 9.93. The number of aliphatic imine (C=N–C) groups is 1. The molecule has 1 atom stereocenters. The van der Waals surface area contributed by atoms with Gasteiger partial charge >= 0.3 is 6.18 Å². The van der Waals surface area contributed by atoms with Crippen molar-refractivity contribution in [1.82, 2.24) is 15.5 Å². The molecule has 9 heteroatoms. The Labute approximate surface area is 183 Å². The fourth-order valence-electron chi connectivity index (χ4n) is 3.61. The minimum absolute atomic E-state index is 0.135. The Morgan fingerprint density at radius 3 is 2.48 bits per heavy atom. The Bertz CT molecular complexity index is 677. The molecule has 2 N–H and O–H groups in total. The van der Waals surface area contributed by atoms with E-state index in [1.165, 1.54) is 4.90 Å². The summed E-state index contributed by atoms with van der Waals surface area (Å²) < 4.78 is 48.8. The topological polar surface area (TPSA) is 58.1 Å². The Balaban J connectivity index is 1.74. The third-order valence-corrected chi connectivity index (χ3v) is 5.20. The van der Waals surface area contributed by atoms with Gasteiger partial charge in [0.25, 0.3) is 0 Å². The number of methoxy groups -OCH3 is 1. The van der Waals surface area contributed by atoms with Gasteiger partial charge in [-0.05, 0) is 64.3 Å². The SMILES string of the molecule is CCNC(=NCC(C)Oc1ccccc1OC)NCCC1CCN(CC(F)(F)F)CC1. The number of guanidine groups is 1. The molecule has 0 radical (unpaired) electrons. The lowest BCUT2D eigenvalue weighted by Gasteiger charge is -2.32. The van der Waals surface area contributed by atoms with E-state index in [0.29, 0.717) is 43.0 Å². The molecule has 0 aliphatic carbocycles. The summed E-state index contributed by atoms with van der Waals surface area (Å²) in [6.07, 6.45) is -1.73. The Morgan fingerprint density at radius 1 is 1.19 bits per heavy atom. The third kappa shape index (κ3) is 9.67. The zero-order valence-corrected chi connectivity index (χ0v) is 18.7. The second-order valence-corrected chi connectivity index (χ2v) is 7.85. The molecule has 1 aromatic rings. The largest absolute Gasteiger partial charge is 0.493 e. The van der Waals surface area contributed by atoms with Crippen molar-refractivity contribution in [3.05, 3.63) is 24.3 Å². The number of benzene rings is 1. The summed E-state index contributed by atoms with van der Waals surface area (Å²) in [5, 5.41) is 6.54. The molecule has 176 valence electrons. The fraction of sp³-hybridized carbons (Fsp3) is 0.682. The van der Waals surface area contributed by atoms with Crippen molar-refractivity contribution >= 4 is 5.96 Å². The standard InChI is InChI=1S/C22H35F3N4O2/c1-4-26-21(28-15-17(2)31-20-8-6-5-7-19(20)30-3)27-12-9-18-10-13-29(14-11-18)16-22(23,24)25/h5-8,17-18H,4,9-16H2,1-3H3,(H2,26,27,28). The van der Waals surface area contributed by atoms with Gasteiger partial charge in [-0.25, -0.2) is 4.99 Å². The van der Waals surface area contributed by atoms with E-state index in [4.69, 9.17) is 9.47 Å². The van der Waals surface area contributed by atoms with E-state index in [9.17, 15) is 13.2 Å². The Hall–Kier alpha value is -2.16. The molecule has 1 aliphatic heterocycles. The molecule has 0 amide bonds. The first-order valence-electron chi connectivity index (χ1n) is 10.9. The van der Waals surface area contributed by atoms with Crippen LogP contribution in [0.5, 0.6) is 11.5 Å². The van der Waals surface area contributed by atoms with Crippen molar-refractivity contribution in [2.45, 2.75) is 45.4 Å². The highest BCUT2D eigenvalue weighted by Crippen LogP contribution is 2.27. The summed E-state index contributed by atoms with van der Waals surface area (Å²) in [6.45, 7) is 6.12. The number of alkyl halides is 3. The molecule has 6 nitrogen and oxygen atoms in total. The van der Waals surface area contributed by atoms with Gasteiger partial charge in [0.2, 0.25) is 0 Å². The van der Waals surface area contributed by atoms with Crippen LogP contribution in [-0.2, 0) is 0 Å². The van der Waals surface area contributed by atoms with Gasteiger partial charge in [-0.3, -0.25) is 4.90 Å². The molecule has 0 saturated carbocycles. The summed E-state index contributed by atoms with van der Waals surface area (Å²) in [6, 6.07) is 7.50. The van der Waals surface area contributed by atoms with Gasteiger partial charge in [0.05, 0.1) is 20.2 Å². The van der Waals surface area contributed by atoms with Crippen LogP contribution in [0.1, 0.15) is 33.1 Å². The minimum Gasteiger partial charge on any atom is -0.493 e. The molecule has 0 aromatic heterocycles. The van der Waals surface area contributed by atoms with Crippen LogP contribution in [0, 0.1) is 5.92 Å². The Kier molecular flexibility index (Phi) is 10.2. The smallest absolute Gasteiger partial charge is 0.401 e. The maximum atomic E-state index is 12.5. The summed E-state index contributed by atoms with van der Waals surface area (Å²) in [7, 11) is 1.61. The van der Waals surface area contributed by atoms with Crippen molar-refractivity contribution in [3.8, 4) is 11.5 Å². The number of nitrogens with one attached hydrogen (secondary N) is 2. The molecule has 31 heavy (non-hydrogen) atoms. The summed E-state index contributed by atoms with van der Waals surface area (Å²) >= 11 is 0. The third-order valence-electron chi connectivity index (χ3n) is 5.20. The molecule has 1 fully saturated rings. The molecule has 1 unspecified atom stereocenters. The number of likely N-dealkylation sites (tertiary alicyclic amines) is 1. The van der Waals surface area contributed by atoms with E-state index in [0.717, 1.165) is 32.4 Å². The monoisotopic (exact) mass is 444 g/mol. The maximum Gasteiger partial charge on any atom is 0.401 e. The molecule has 1 aromatic carbocycles. The molecular weight excluding hydrogens is 409 g/mol. The summed E-state index contributed by atoms with van der Waals surface area (Å²) in [4.78, 5) is 6.09. The zero-order chi connectivity index (χ0) is 22.7. The highest BCUT2D eigenvalue weighted by atomic mass is 19.4. The lowest BCUT2D eigenvalue weighted by molar-refractivity contribution is -0.148. The predicted molar refractivity (Wildman–Crippen MR) is 117 cm³/mol. The second-order valence-electron chi connectivity index (χ2n) is 7.85. The predicted octanol–water partition coefficient (Wildman–Crippen LogP) is 3.68. The van der Waals surface area contributed by atoms with Crippen LogP contribution in [0.25, 0.3) is 0 Å². The van der Waals surface area contributed by atoms with Crippen LogP contribution in [0.4, 0.5) is 13.2 Å². The van der Waals surface area contributed by atoms with Gasteiger partial charge in [-0.2, -0.15) is 13.2 Å². The first kappa shape index (κ1) is 25.1. The average molecular weight is 445 g/mol. The quantitative estimate of drug-likeness (QED) is 0.426. The highest BCUT2D eigenvalue weighted by Gasteiger charge is 2.32. The van der Waals surface area contributed by atoms with Crippen LogP contribution >= 0.6 is 0 Å². The first-order chi connectivity index (χ1) is 14.8. The van der Waals surface area contributed by atoms with Crippen molar-refractivity contribution in [2.24, 2.45) is 10.9 Å². The van der Waals surface area contributed by atoms with Gasteiger partial charge in [-0.15, -0.1) is 0 Å². The van der Waals surface area contributed by atoms with Crippen LogP contribution in [-0.4, -0.2) is 69.5 Å². The Morgan fingerprint density at radius 2 is 1.87 bits per heavy atom. The highest BCUT2D eigenvalue weighted by molar-refractivity contribution is 5.79. The lowest BCUT2D eigenvalue weighted by Crippen LogP contribution is -2.42. The van der Waals surface area contributed by atoms with Gasteiger partial charge in [0.1, 0.15) is 6.10 Å². The molecule has 2 rings (SSSR count). The molecule has 0 bridgehead atoms. The van der Waals surface area contributed by atoms with Gasteiger partial charge in [0.15, 0.2) is 17.5 Å². The van der Waals surface area contributed by atoms with Crippen molar-refractivity contribution in [3.63, 3.8) is 0 Å². The number of nitrogens with zero attached hydrogens (tertiary/aromatic N) is 2. The fourth-order valence-corrected chi connectivity index (χ4v) is 3.61. The average Bonchev–Trinajstić information content (AvgIpc) is 2.72. The maximum absolute atomic E-state index is 12.5. The van der Waals surface area contributed by atoms with Gasteiger partial charge in [-0.1, -0.05) is 12.1 Å². The molecule has 0 spiro atoms. The minimum atomic E-state index is -4.11. The number of para-hydroxylation sites is 2. The van der Waals surface area contributed by atoms with E-state index < -0.39 is 12.7 Å². The van der Waals surface area contributed by atoms with E-state index in [1.807, 2.05) is 38.1 Å². The molecular formula is C22H35F3N4O2. The van der Waals surface area contributed by atoms with E-state index in [-0.39, 0.29) is 6.10 Å². The number of halogens is 3. The second kappa shape index (κ2) is 12.6. The van der Waals surface area contributed by atoms with Crippen molar-refractivity contribution in [1.29, 1.82) is 0 Å². The van der Waals surface area contributed by atoms with E-state index in [2.05, 4.69) is 15.6 Å². The summed E-state index contributed by atoms with van der Waals surface area (Å²) in [5.41, 5.74) is 0. The number of piperidine rings is 1. The van der Waals surface area contributed by atoms with Crippen molar-refractivity contribution < 1.29 is 22.6 Å². The van der Waals surface area contributed by atoms with Crippen LogP contribution in [0.3, 0.4) is 0 Å². The number of ether oxygens (including phenoxy) is 2. The van der Waals surface area contributed by atoms with E-state index >= 15 is 0 Å².